The van der Waals surface area contributed by atoms with Gasteiger partial charge in [-0.1, -0.05) is 24.3 Å². The molecular formula is C26H27N3O3. The van der Waals surface area contributed by atoms with E-state index in [2.05, 4.69) is 10.3 Å². The number of nitrogens with one attached hydrogen (secondary N) is 1. The van der Waals surface area contributed by atoms with Crippen LogP contribution in [-0.4, -0.2) is 28.4 Å². The highest BCUT2D eigenvalue weighted by Crippen LogP contribution is 2.16. The molecule has 32 heavy (non-hydrogen) atoms. The molecule has 0 saturated carbocycles. The fourth-order valence-electron chi connectivity index (χ4n) is 3.37. The maximum absolute atomic E-state index is 12.3. The number of pyridine rings is 1. The molecule has 0 atom stereocenters. The van der Waals surface area contributed by atoms with Gasteiger partial charge >= 0.3 is 0 Å². The van der Waals surface area contributed by atoms with Gasteiger partial charge in [-0.3, -0.25) is 4.79 Å². The molecule has 6 heteroatoms. The molecule has 0 fully saturated rings. The van der Waals surface area contributed by atoms with Crippen molar-refractivity contribution in [2.45, 2.75) is 26.4 Å². The van der Waals surface area contributed by atoms with Gasteiger partial charge in [0.15, 0.2) is 0 Å². The molecule has 2 aromatic heterocycles. The molecule has 0 spiro atoms. The van der Waals surface area contributed by atoms with Gasteiger partial charge in [0.25, 0.3) is 5.91 Å². The zero-order chi connectivity index (χ0) is 22.2. The number of hydrogen-bond donors (Lipinski definition) is 1. The molecule has 0 aliphatic heterocycles. The number of fused-ring (bicyclic) bond motifs is 1. The molecule has 2 aromatic carbocycles. The van der Waals surface area contributed by atoms with Gasteiger partial charge in [-0.25, -0.2) is 4.98 Å². The molecule has 1 N–H and O–H groups in total. The molecular weight excluding hydrogens is 402 g/mol. The van der Waals surface area contributed by atoms with Gasteiger partial charge < -0.3 is 19.2 Å². The van der Waals surface area contributed by atoms with Crippen LogP contribution in [0.4, 0.5) is 0 Å². The number of unbranched alkanes of at least 4 members (excludes halogenated alkanes) is 1. The van der Waals surface area contributed by atoms with E-state index < -0.39 is 0 Å². The summed E-state index contributed by atoms with van der Waals surface area (Å²) in [6, 6.07) is 20.9. The SMILES string of the molecule is Cc1cccn2cc(COc3ccc(C(=O)NCCCCOc4ccccc4)cc3)nc12. The highest BCUT2D eigenvalue weighted by molar-refractivity contribution is 5.94. The number of ether oxygens (including phenoxy) is 2. The number of aryl methyl sites for hydroxylation is 1. The van der Waals surface area contributed by atoms with Crippen LogP contribution in [0.2, 0.25) is 0 Å². The van der Waals surface area contributed by atoms with Gasteiger partial charge in [0.1, 0.15) is 23.8 Å². The third-order valence-electron chi connectivity index (χ3n) is 5.10. The number of aromatic nitrogens is 2. The Hall–Kier alpha value is -3.80. The summed E-state index contributed by atoms with van der Waals surface area (Å²) in [6.45, 7) is 3.66. The van der Waals surface area contributed by atoms with E-state index in [4.69, 9.17) is 9.47 Å². The molecule has 6 nitrogen and oxygen atoms in total. The van der Waals surface area contributed by atoms with E-state index in [9.17, 15) is 4.79 Å². The highest BCUT2D eigenvalue weighted by atomic mass is 16.5. The topological polar surface area (TPSA) is 64.9 Å². The minimum absolute atomic E-state index is 0.0867. The fraction of sp³-hybridized carbons (Fsp3) is 0.231. The predicted octanol–water partition coefficient (Wildman–Crippen LogP) is 4.81. The van der Waals surface area contributed by atoms with Gasteiger partial charge in [-0.05, 0) is 67.8 Å². The van der Waals surface area contributed by atoms with Crippen LogP contribution in [0.3, 0.4) is 0 Å². The van der Waals surface area contributed by atoms with Crippen molar-refractivity contribution < 1.29 is 14.3 Å². The number of carbonyl (C=O) groups is 1. The normalized spacial score (nSPS) is 10.8. The number of rotatable bonds is 10. The molecule has 0 aliphatic carbocycles. The lowest BCUT2D eigenvalue weighted by Crippen LogP contribution is -2.24. The van der Waals surface area contributed by atoms with Gasteiger partial charge in [0.05, 0.1) is 12.3 Å². The number of hydrogen-bond acceptors (Lipinski definition) is 4. The Morgan fingerprint density at radius 1 is 0.938 bits per heavy atom. The molecule has 4 aromatic rings. The van der Waals surface area contributed by atoms with E-state index in [1.54, 1.807) is 12.1 Å². The summed E-state index contributed by atoms with van der Waals surface area (Å²) in [6.07, 6.45) is 5.68. The van der Waals surface area contributed by atoms with Crippen molar-refractivity contribution in [3.63, 3.8) is 0 Å². The fourth-order valence-corrected chi connectivity index (χ4v) is 3.37. The van der Waals surface area contributed by atoms with Crippen molar-refractivity contribution in [2.24, 2.45) is 0 Å². The second-order valence-electron chi connectivity index (χ2n) is 7.59. The van der Waals surface area contributed by atoms with Crippen molar-refractivity contribution in [3.05, 3.63) is 95.9 Å². The molecule has 4 rings (SSSR count). The highest BCUT2D eigenvalue weighted by Gasteiger charge is 2.07. The first kappa shape index (κ1) is 21.4. The third-order valence-corrected chi connectivity index (χ3v) is 5.10. The lowest BCUT2D eigenvalue weighted by molar-refractivity contribution is 0.0952. The van der Waals surface area contributed by atoms with Crippen LogP contribution in [0.1, 0.15) is 34.5 Å². The molecule has 0 saturated heterocycles. The molecule has 0 unspecified atom stereocenters. The number of benzene rings is 2. The lowest BCUT2D eigenvalue weighted by Gasteiger charge is -2.08. The summed E-state index contributed by atoms with van der Waals surface area (Å²) in [4.78, 5) is 16.9. The first-order valence-corrected chi connectivity index (χ1v) is 10.8. The van der Waals surface area contributed by atoms with Crippen molar-refractivity contribution in [1.82, 2.24) is 14.7 Å². The average Bonchev–Trinajstić information content (AvgIpc) is 3.25. The van der Waals surface area contributed by atoms with E-state index >= 15 is 0 Å². The number of imidazole rings is 1. The van der Waals surface area contributed by atoms with Crippen molar-refractivity contribution in [1.29, 1.82) is 0 Å². The van der Waals surface area contributed by atoms with Crippen molar-refractivity contribution in [3.8, 4) is 11.5 Å². The summed E-state index contributed by atoms with van der Waals surface area (Å²) in [5, 5.41) is 2.95. The second kappa shape index (κ2) is 10.5. The smallest absolute Gasteiger partial charge is 0.251 e. The number of carbonyl (C=O) groups excluding carboxylic acids is 1. The summed E-state index contributed by atoms with van der Waals surface area (Å²) in [5.74, 6) is 1.49. The standard InChI is InChI=1S/C26H27N3O3/c1-20-8-7-16-29-18-22(28-25(20)29)19-32-24-13-11-21(12-14-24)26(30)27-15-5-6-17-31-23-9-3-2-4-10-23/h2-4,7-14,16,18H,5-6,15,17,19H2,1H3,(H,27,30). The Balaban J connectivity index is 1.18. The van der Waals surface area contributed by atoms with Crippen LogP contribution in [0, 0.1) is 6.92 Å². The maximum Gasteiger partial charge on any atom is 0.251 e. The van der Waals surface area contributed by atoms with Crippen LogP contribution in [0.25, 0.3) is 5.65 Å². The van der Waals surface area contributed by atoms with Gasteiger partial charge in [-0.2, -0.15) is 0 Å². The number of amides is 1. The van der Waals surface area contributed by atoms with Crippen LogP contribution in [0.5, 0.6) is 11.5 Å². The third kappa shape index (κ3) is 5.66. The molecule has 0 radical (unpaired) electrons. The zero-order valence-electron chi connectivity index (χ0n) is 18.2. The molecule has 2 heterocycles. The van der Waals surface area contributed by atoms with Gasteiger partial charge in [0, 0.05) is 24.5 Å². The second-order valence-corrected chi connectivity index (χ2v) is 7.59. The largest absolute Gasteiger partial charge is 0.494 e. The summed E-state index contributed by atoms with van der Waals surface area (Å²) >= 11 is 0. The Bertz CT molecular complexity index is 1150. The van der Waals surface area contributed by atoms with E-state index in [0.717, 1.165) is 35.5 Å². The molecule has 0 aliphatic rings. The Labute approximate surface area is 187 Å². The summed E-state index contributed by atoms with van der Waals surface area (Å²) < 4.78 is 13.5. The molecule has 164 valence electrons. The minimum Gasteiger partial charge on any atom is -0.494 e. The Morgan fingerprint density at radius 2 is 1.72 bits per heavy atom. The lowest BCUT2D eigenvalue weighted by atomic mass is 10.2. The number of para-hydroxylation sites is 1. The van der Waals surface area contributed by atoms with Crippen molar-refractivity contribution in [2.75, 3.05) is 13.2 Å². The summed E-state index contributed by atoms with van der Waals surface area (Å²) in [5.41, 5.74) is 3.53. The minimum atomic E-state index is -0.0867. The van der Waals surface area contributed by atoms with E-state index in [0.29, 0.717) is 31.1 Å². The van der Waals surface area contributed by atoms with E-state index in [1.165, 1.54) is 0 Å². The average molecular weight is 430 g/mol. The number of nitrogens with zero attached hydrogens (tertiary/aromatic N) is 2. The van der Waals surface area contributed by atoms with Crippen LogP contribution < -0.4 is 14.8 Å². The summed E-state index contributed by atoms with van der Waals surface area (Å²) in [7, 11) is 0. The van der Waals surface area contributed by atoms with Gasteiger partial charge in [-0.15, -0.1) is 0 Å². The maximum atomic E-state index is 12.3. The zero-order valence-corrected chi connectivity index (χ0v) is 18.2. The molecule has 1 amide bonds. The monoisotopic (exact) mass is 429 g/mol. The predicted molar refractivity (Wildman–Crippen MR) is 124 cm³/mol. The molecule has 0 bridgehead atoms. The Kier molecular flexibility index (Phi) is 7.02. The van der Waals surface area contributed by atoms with Crippen molar-refractivity contribution >= 4 is 11.6 Å². The van der Waals surface area contributed by atoms with Gasteiger partial charge in [0.2, 0.25) is 0 Å². The van der Waals surface area contributed by atoms with Crippen LogP contribution >= 0.6 is 0 Å². The van der Waals surface area contributed by atoms with E-state index in [-0.39, 0.29) is 5.91 Å². The first-order valence-electron chi connectivity index (χ1n) is 10.8. The van der Waals surface area contributed by atoms with Crippen LogP contribution in [0.15, 0.2) is 79.1 Å². The Morgan fingerprint density at radius 3 is 2.50 bits per heavy atom. The first-order chi connectivity index (χ1) is 15.7. The quantitative estimate of drug-likeness (QED) is 0.368. The van der Waals surface area contributed by atoms with Crippen LogP contribution in [-0.2, 0) is 6.61 Å². The van der Waals surface area contributed by atoms with E-state index in [1.807, 2.05) is 78.3 Å².